The fourth-order valence-electron chi connectivity index (χ4n) is 0. The van der Waals surface area contributed by atoms with Crippen LogP contribution in [0.2, 0.25) is 0 Å². The molecule has 0 unspecified atom stereocenters. The largest absolute Gasteiger partial charge is 0.286 e. The van der Waals surface area contributed by atoms with E-state index in [1.807, 2.05) is 0 Å². The zero-order chi connectivity index (χ0) is 5.21. The van der Waals surface area contributed by atoms with Crippen molar-refractivity contribution in [3.05, 3.63) is 0 Å². The van der Waals surface area contributed by atoms with Crippen LogP contribution in [0.3, 0.4) is 0 Å². The van der Waals surface area contributed by atoms with E-state index in [9.17, 15) is 8.42 Å². The van der Waals surface area contributed by atoms with E-state index in [-0.39, 0.29) is 43.5 Å². The van der Waals surface area contributed by atoms with Gasteiger partial charge in [0.05, 0.1) is 5.75 Å². The minimum atomic E-state index is -3.66. The van der Waals surface area contributed by atoms with Crippen LogP contribution in [0, 0.1) is 0 Å². The molecule has 0 saturated heterocycles. The molecule has 0 fully saturated rings. The summed E-state index contributed by atoms with van der Waals surface area (Å²) in [5, 5.41) is 0. The third kappa shape index (κ3) is 11.0. The summed E-state index contributed by atoms with van der Waals surface area (Å²) in [6, 6.07) is 0. The maximum atomic E-state index is 9.56. The summed E-state index contributed by atoms with van der Waals surface area (Å²) in [5.41, 5.74) is 0. The second-order valence-corrected chi connectivity index (χ2v) is 2.61. The first kappa shape index (κ1) is 11.0. The minimum Gasteiger partial charge on any atom is -0.286 e. The Morgan fingerprint density at radius 3 is 1.71 bits per heavy atom. The molecule has 40 valence electrons. The molecule has 0 spiro atoms. The number of hydrogen-bond donors (Lipinski definition) is 1. The summed E-state index contributed by atoms with van der Waals surface area (Å²) in [5.74, 6) is -0.201. The Balaban J connectivity index is 0. The van der Waals surface area contributed by atoms with Crippen molar-refractivity contribution in [2.24, 2.45) is 0 Å². The summed E-state index contributed by atoms with van der Waals surface area (Å²) >= 11 is 0. The molecule has 0 atom stereocenters. The molecule has 7 heavy (non-hydrogen) atoms. The van der Waals surface area contributed by atoms with Gasteiger partial charge in [-0.25, -0.2) is 0 Å². The first-order chi connectivity index (χ1) is 2.56. The van der Waals surface area contributed by atoms with E-state index in [1.165, 1.54) is 6.92 Å². The normalized spacial score (nSPS) is 10.0. The fourth-order valence-corrected chi connectivity index (χ4v) is 0. The Kier molecular flexibility index (Phi) is 6.44. The molecule has 1 N–H and O–H groups in total. The van der Waals surface area contributed by atoms with Crippen molar-refractivity contribution < 1.29 is 13.0 Å². The average Bonchev–Trinajstić information content (AvgIpc) is 1.35. The van der Waals surface area contributed by atoms with Crippen molar-refractivity contribution in [1.82, 2.24) is 0 Å². The van der Waals surface area contributed by atoms with Crippen molar-refractivity contribution >= 4 is 47.9 Å². The van der Waals surface area contributed by atoms with E-state index in [0.717, 1.165) is 0 Å². The molecule has 2 radical (unpaired) electrons. The summed E-state index contributed by atoms with van der Waals surface area (Å²) in [7, 11) is -3.66. The molecule has 0 aromatic rings. The molecule has 0 aliphatic heterocycles. The van der Waals surface area contributed by atoms with Gasteiger partial charge < -0.3 is 0 Å². The molecule has 0 bridgehead atoms. The van der Waals surface area contributed by atoms with Crippen LogP contribution < -0.4 is 0 Å². The first-order valence-corrected chi connectivity index (χ1v) is 3.12. The van der Waals surface area contributed by atoms with Gasteiger partial charge in [-0.05, 0) is 6.92 Å². The maximum absolute atomic E-state index is 9.56. The predicted octanol–water partition coefficient (Wildman–Crippen LogP) is -0.487. The van der Waals surface area contributed by atoms with Crippen molar-refractivity contribution in [3.63, 3.8) is 0 Å². The monoisotopic (exact) mass is 150 g/mol. The van der Waals surface area contributed by atoms with Crippen LogP contribution in [0.15, 0.2) is 0 Å². The van der Waals surface area contributed by atoms with Gasteiger partial charge in [-0.3, -0.25) is 4.55 Å². The molecule has 0 heterocycles. The molecule has 0 saturated carbocycles. The summed E-state index contributed by atoms with van der Waals surface area (Å²) in [4.78, 5) is 0. The van der Waals surface area contributed by atoms with Gasteiger partial charge in [0.15, 0.2) is 0 Å². The fraction of sp³-hybridized carbons (Fsp3) is 1.00. The van der Waals surface area contributed by atoms with Crippen molar-refractivity contribution in [2.75, 3.05) is 5.75 Å². The molecule has 0 aliphatic carbocycles. The molecular formula is C2H6CaO3S. The molecule has 0 amide bonds. The Bertz CT molecular complexity index is 115. The second-order valence-electron chi connectivity index (χ2n) is 0.871. The van der Waals surface area contributed by atoms with Crippen molar-refractivity contribution in [1.29, 1.82) is 0 Å². The quantitative estimate of drug-likeness (QED) is 0.405. The number of hydrogen-bond acceptors (Lipinski definition) is 2. The van der Waals surface area contributed by atoms with Crippen LogP contribution in [0.25, 0.3) is 0 Å². The molecule has 0 rings (SSSR count). The second kappa shape index (κ2) is 4.09. The molecule has 0 aromatic carbocycles. The third-order valence-electron chi connectivity index (χ3n) is 0.365. The average molecular weight is 150 g/mol. The standard InChI is InChI=1S/C2H6O3S.Ca/c1-2-6(3,4)5;/h2H2,1H3,(H,3,4,5);. The smallest absolute Gasteiger partial charge is 0.264 e. The van der Waals surface area contributed by atoms with Gasteiger partial charge in [0.2, 0.25) is 0 Å². The van der Waals surface area contributed by atoms with Crippen LogP contribution in [0.5, 0.6) is 0 Å². The molecular weight excluding hydrogens is 144 g/mol. The van der Waals surface area contributed by atoms with Gasteiger partial charge in [-0.2, -0.15) is 8.42 Å². The third-order valence-corrected chi connectivity index (χ3v) is 1.09. The SMILES string of the molecule is CCS(=O)(=O)O.[Ca]. The Morgan fingerprint density at radius 2 is 1.71 bits per heavy atom. The maximum Gasteiger partial charge on any atom is 0.264 e. The number of rotatable bonds is 1. The molecule has 0 aromatic heterocycles. The van der Waals surface area contributed by atoms with Gasteiger partial charge in [-0.15, -0.1) is 0 Å². The van der Waals surface area contributed by atoms with Crippen molar-refractivity contribution in [3.8, 4) is 0 Å². The van der Waals surface area contributed by atoms with Gasteiger partial charge in [0.25, 0.3) is 10.1 Å². The van der Waals surface area contributed by atoms with E-state index in [1.54, 1.807) is 0 Å². The van der Waals surface area contributed by atoms with Gasteiger partial charge >= 0.3 is 0 Å². The Labute approximate surface area is 72.8 Å². The Morgan fingerprint density at radius 1 is 1.57 bits per heavy atom. The van der Waals surface area contributed by atoms with E-state index in [4.69, 9.17) is 4.55 Å². The summed E-state index contributed by atoms with van der Waals surface area (Å²) in [6.07, 6.45) is 0. The predicted molar refractivity (Wildman–Crippen MR) is 27.8 cm³/mol. The van der Waals surface area contributed by atoms with Crippen molar-refractivity contribution in [2.45, 2.75) is 6.92 Å². The summed E-state index contributed by atoms with van der Waals surface area (Å²) in [6.45, 7) is 1.37. The topological polar surface area (TPSA) is 54.4 Å². The van der Waals surface area contributed by atoms with Gasteiger partial charge in [-0.1, -0.05) is 0 Å². The van der Waals surface area contributed by atoms with Crippen LogP contribution >= 0.6 is 0 Å². The van der Waals surface area contributed by atoms with Crippen LogP contribution in [-0.2, 0) is 10.1 Å². The van der Waals surface area contributed by atoms with E-state index >= 15 is 0 Å². The van der Waals surface area contributed by atoms with Gasteiger partial charge in [0.1, 0.15) is 0 Å². The van der Waals surface area contributed by atoms with E-state index < -0.39 is 10.1 Å². The van der Waals surface area contributed by atoms with Crippen LogP contribution in [0.1, 0.15) is 6.92 Å². The summed E-state index contributed by atoms with van der Waals surface area (Å²) < 4.78 is 26.9. The molecule has 0 aliphatic rings. The van der Waals surface area contributed by atoms with Gasteiger partial charge in [0, 0.05) is 37.7 Å². The Hall–Kier alpha value is 1.17. The van der Waals surface area contributed by atoms with E-state index in [0.29, 0.717) is 0 Å². The molecule has 3 nitrogen and oxygen atoms in total. The van der Waals surface area contributed by atoms with Crippen LogP contribution in [0.4, 0.5) is 0 Å². The minimum absolute atomic E-state index is 0. The first-order valence-electron chi connectivity index (χ1n) is 1.51. The molecule has 5 heteroatoms. The zero-order valence-corrected chi connectivity index (χ0v) is 7.11. The van der Waals surface area contributed by atoms with E-state index in [2.05, 4.69) is 0 Å². The van der Waals surface area contributed by atoms with Crippen LogP contribution in [-0.4, -0.2) is 56.5 Å². The zero-order valence-electron chi connectivity index (χ0n) is 4.09.